The van der Waals surface area contributed by atoms with E-state index in [4.69, 9.17) is 9.72 Å². The van der Waals surface area contributed by atoms with Gasteiger partial charge in [-0.1, -0.05) is 6.07 Å². The number of aliphatic hydroxyl groups excluding tert-OH is 1. The summed E-state index contributed by atoms with van der Waals surface area (Å²) in [5, 5.41) is 12.5. The Morgan fingerprint density at radius 3 is 2.62 bits per heavy atom. The number of piperidine rings is 1. The van der Waals surface area contributed by atoms with E-state index in [0.717, 1.165) is 29.5 Å². The van der Waals surface area contributed by atoms with Gasteiger partial charge in [0.2, 0.25) is 0 Å². The van der Waals surface area contributed by atoms with Crippen molar-refractivity contribution in [2.45, 2.75) is 63.0 Å². The van der Waals surface area contributed by atoms with Gasteiger partial charge in [-0.15, -0.1) is 0 Å². The summed E-state index contributed by atoms with van der Waals surface area (Å²) >= 11 is 1.61. The van der Waals surface area contributed by atoms with E-state index in [9.17, 15) is 9.90 Å². The number of nitrogens with zero attached hydrogens (tertiary/aromatic N) is 3. The minimum absolute atomic E-state index is 0.0152. The molecule has 2 aromatic rings. The lowest BCUT2D eigenvalue weighted by atomic mass is 9.93. The number of anilines is 3. The zero-order valence-corrected chi connectivity index (χ0v) is 22.9. The largest absolute Gasteiger partial charge is 0.394 e. The number of aliphatic hydroxyl groups is 1. The van der Waals surface area contributed by atoms with Crippen molar-refractivity contribution in [2.24, 2.45) is 5.41 Å². The number of aromatic nitrogens is 1. The molecule has 9 heteroatoms. The van der Waals surface area contributed by atoms with Crippen LogP contribution in [0, 0.1) is 5.41 Å². The number of hydrogen-bond donors (Lipinski definition) is 3. The van der Waals surface area contributed by atoms with Crippen molar-refractivity contribution in [1.82, 2.24) is 9.71 Å². The quantitative estimate of drug-likeness (QED) is 0.461. The van der Waals surface area contributed by atoms with Gasteiger partial charge in [0.25, 0.3) is 5.91 Å². The predicted molar refractivity (Wildman–Crippen MR) is 150 cm³/mol. The summed E-state index contributed by atoms with van der Waals surface area (Å²) in [7, 11) is 0. The minimum Gasteiger partial charge on any atom is -0.394 e. The number of nitrogens with one attached hydrogen (secondary N) is 2. The smallest absolute Gasteiger partial charge is 0.258 e. The highest BCUT2D eigenvalue weighted by molar-refractivity contribution is 7.97. The molecule has 0 bridgehead atoms. The van der Waals surface area contributed by atoms with Gasteiger partial charge in [0.15, 0.2) is 0 Å². The first-order valence-electron chi connectivity index (χ1n) is 13.3. The summed E-state index contributed by atoms with van der Waals surface area (Å²) in [4.78, 5) is 23.8. The summed E-state index contributed by atoms with van der Waals surface area (Å²) in [5.41, 5.74) is 2.21. The average molecular weight is 526 g/mol. The summed E-state index contributed by atoms with van der Waals surface area (Å²) < 4.78 is 9.05. The molecule has 1 aliphatic carbocycles. The fourth-order valence-corrected chi connectivity index (χ4v) is 5.76. The highest BCUT2D eigenvalue weighted by atomic mass is 32.2. The molecule has 37 heavy (non-hydrogen) atoms. The molecule has 1 spiro atoms. The van der Waals surface area contributed by atoms with Gasteiger partial charge in [0, 0.05) is 36.6 Å². The Balaban J connectivity index is 1.34. The van der Waals surface area contributed by atoms with E-state index in [0.29, 0.717) is 36.5 Å². The number of ether oxygens (including phenoxy) is 1. The predicted octanol–water partition coefficient (Wildman–Crippen LogP) is 4.31. The fourth-order valence-electron chi connectivity index (χ4n) is 5.03. The molecule has 3 N–H and O–H groups in total. The SMILES string of the molecule is CC(C)(C)NSc1ccc(C(=O)Nc2cccc(N3CCO[C@H](CO)C3)n2)c(N2CCC3(CC2)CC3)c1. The van der Waals surface area contributed by atoms with E-state index < -0.39 is 0 Å². The second-order valence-corrected chi connectivity index (χ2v) is 12.5. The number of carbonyl (C=O) groups is 1. The van der Waals surface area contributed by atoms with E-state index in [1.165, 1.54) is 25.7 Å². The van der Waals surface area contributed by atoms with Gasteiger partial charge in [-0.2, -0.15) is 0 Å². The molecule has 2 aliphatic heterocycles. The second-order valence-electron chi connectivity index (χ2n) is 11.6. The number of carbonyl (C=O) groups excluding carboxylic acids is 1. The summed E-state index contributed by atoms with van der Waals surface area (Å²) in [6.45, 7) is 10.2. The van der Waals surface area contributed by atoms with Crippen LogP contribution in [0.3, 0.4) is 0 Å². The van der Waals surface area contributed by atoms with E-state index in [1.807, 2.05) is 30.3 Å². The van der Waals surface area contributed by atoms with Gasteiger partial charge in [0.1, 0.15) is 11.6 Å². The van der Waals surface area contributed by atoms with Crippen molar-refractivity contribution in [3.05, 3.63) is 42.0 Å². The van der Waals surface area contributed by atoms with Crippen LogP contribution >= 0.6 is 11.9 Å². The van der Waals surface area contributed by atoms with Gasteiger partial charge in [0.05, 0.1) is 30.6 Å². The van der Waals surface area contributed by atoms with Crippen LogP contribution in [0.25, 0.3) is 0 Å². The highest BCUT2D eigenvalue weighted by Crippen LogP contribution is 2.54. The van der Waals surface area contributed by atoms with Crippen LogP contribution in [0.2, 0.25) is 0 Å². The summed E-state index contributed by atoms with van der Waals surface area (Å²) in [5.74, 6) is 1.14. The van der Waals surface area contributed by atoms with Gasteiger partial charge >= 0.3 is 0 Å². The Morgan fingerprint density at radius 2 is 1.92 bits per heavy atom. The average Bonchev–Trinajstić information content (AvgIpc) is 3.66. The molecule has 8 nitrogen and oxygen atoms in total. The van der Waals surface area contributed by atoms with Crippen LogP contribution < -0.4 is 19.8 Å². The topological polar surface area (TPSA) is 90.0 Å². The molecule has 0 radical (unpaired) electrons. The molecule has 2 saturated heterocycles. The Kier molecular flexibility index (Phi) is 7.68. The lowest BCUT2D eigenvalue weighted by Crippen LogP contribution is -2.44. The molecule has 3 fully saturated rings. The van der Waals surface area contributed by atoms with Crippen molar-refractivity contribution in [3.63, 3.8) is 0 Å². The molecule has 5 rings (SSSR count). The van der Waals surface area contributed by atoms with Gasteiger partial charge in [-0.25, -0.2) is 4.98 Å². The third kappa shape index (κ3) is 6.57. The summed E-state index contributed by atoms with van der Waals surface area (Å²) in [6.07, 6.45) is 4.88. The molecular formula is C28H39N5O3S. The van der Waals surface area contributed by atoms with Gasteiger partial charge in [-0.05, 0) is 94.1 Å². The molecular weight excluding hydrogens is 486 g/mol. The lowest BCUT2D eigenvalue weighted by Gasteiger charge is -2.35. The van der Waals surface area contributed by atoms with Crippen molar-refractivity contribution in [1.29, 1.82) is 0 Å². The van der Waals surface area contributed by atoms with Crippen LogP contribution in [0.15, 0.2) is 41.3 Å². The standard InChI is InChI=1S/C28H39N5O3S/c1-27(2,3)31-37-21-7-8-22(23(17-21)32-13-11-28(9-10-28)12-14-32)26(35)30-24-5-4-6-25(29-24)33-15-16-36-20(18-33)19-34/h4-8,17,20,31,34H,9-16,18-19H2,1-3H3,(H,29,30,35)/t20-/m0/s1. The first-order chi connectivity index (χ1) is 17.7. The van der Waals surface area contributed by atoms with E-state index in [2.05, 4.69) is 46.7 Å². The van der Waals surface area contributed by atoms with E-state index >= 15 is 0 Å². The Labute approximate surface area is 224 Å². The monoisotopic (exact) mass is 525 g/mol. The van der Waals surface area contributed by atoms with Gasteiger partial charge < -0.3 is 25.0 Å². The number of rotatable bonds is 7. The Bertz CT molecular complexity index is 1110. The molecule has 1 aromatic carbocycles. The van der Waals surface area contributed by atoms with E-state index in [1.54, 1.807) is 11.9 Å². The minimum atomic E-state index is -0.222. The molecule has 1 saturated carbocycles. The number of amides is 1. The fraction of sp³-hybridized carbons (Fsp3) is 0.571. The van der Waals surface area contributed by atoms with Crippen LogP contribution in [-0.2, 0) is 4.74 Å². The van der Waals surface area contributed by atoms with Crippen molar-refractivity contribution < 1.29 is 14.6 Å². The Morgan fingerprint density at radius 1 is 1.14 bits per heavy atom. The molecule has 1 amide bonds. The molecule has 3 heterocycles. The zero-order valence-electron chi connectivity index (χ0n) is 22.1. The molecule has 1 aromatic heterocycles. The Hall–Kier alpha value is -2.33. The van der Waals surface area contributed by atoms with Crippen LogP contribution in [0.5, 0.6) is 0 Å². The normalized spacial score (nSPS) is 21.2. The van der Waals surface area contributed by atoms with Gasteiger partial charge in [-0.3, -0.25) is 9.52 Å². The maximum atomic E-state index is 13.6. The summed E-state index contributed by atoms with van der Waals surface area (Å²) in [6, 6.07) is 11.8. The zero-order chi connectivity index (χ0) is 26.0. The molecule has 200 valence electrons. The number of morpholine rings is 1. The lowest BCUT2D eigenvalue weighted by molar-refractivity contribution is 0.00337. The molecule has 3 aliphatic rings. The van der Waals surface area contributed by atoms with Crippen LogP contribution in [0.4, 0.5) is 17.3 Å². The van der Waals surface area contributed by atoms with Crippen molar-refractivity contribution in [2.75, 3.05) is 54.5 Å². The molecule has 1 atom stereocenters. The number of hydrogen-bond acceptors (Lipinski definition) is 8. The maximum absolute atomic E-state index is 13.6. The highest BCUT2D eigenvalue weighted by Gasteiger charge is 2.44. The van der Waals surface area contributed by atoms with E-state index in [-0.39, 0.29) is 24.2 Å². The van der Waals surface area contributed by atoms with Crippen LogP contribution in [-0.4, -0.2) is 67.0 Å². The maximum Gasteiger partial charge on any atom is 0.258 e. The third-order valence-corrected chi connectivity index (χ3v) is 8.66. The first-order valence-corrected chi connectivity index (χ1v) is 14.1. The number of pyridine rings is 1. The van der Waals surface area contributed by atoms with Crippen molar-refractivity contribution >= 4 is 35.2 Å². The molecule has 0 unspecified atom stereocenters. The van der Waals surface area contributed by atoms with Crippen molar-refractivity contribution in [3.8, 4) is 0 Å². The third-order valence-electron chi connectivity index (χ3n) is 7.45. The van der Waals surface area contributed by atoms with Crippen LogP contribution in [0.1, 0.15) is 56.8 Å². The second kappa shape index (κ2) is 10.8. The number of benzene rings is 1. The first kappa shape index (κ1) is 26.3.